The highest BCUT2D eigenvalue weighted by Gasteiger charge is 2.08. The second-order valence-corrected chi connectivity index (χ2v) is 5.62. The summed E-state index contributed by atoms with van der Waals surface area (Å²) in [5.41, 5.74) is 2.54. The van der Waals surface area contributed by atoms with Crippen LogP contribution in [0, 0.1) is 0 Å². The van der Waals surface area contributed by atoms with Crippen molar-refractivity contribution in [3.05, 3.63) is 54.5 Å². The molecule has 5 heteroatoms. The van der Waals surface area contributed by atoms with Gasteiger partial charge in [0.2, 0.25) is 0 Å². The first-order chi connectivity index (χ1) is 10.6. The number of carbonyl (C=O) groups is 1. The first kappa shape index (κ1) is 14.4. The van der Waals surface area contributed by atoms with Crippen molar-refractivity contribution >= 4 is 22.5 Å². The van der Waals surface area contributed by atoms with Crippen LogP contribution in [0.15, 0.2) is 48.8 Å². The highest BCUT2D eigenvalue weighted by molar-refractivity contribution is 6.03. The summed E-state index contributed by atoms with van der Waals surface area (Å²) in [5.74, 6) is -0.128. The fraction of sp³-hybridized carbons (Fsp3) is 0.235. The van der Waals surface area contributed by atoms with Crippen molar-refractivity contribution in [1.82, 2.24) is 14.5 Å². The largest absolute Gasteiger partial charge is 0.357 e. The van der Waals surface area contributed by atoms with E-state index in [1.54, 1.807) is 12.3 Å². The normalized spacial score (nSPS) is 11.2. The molecular weight excluding hydrogens is 276 g/mol. The highest BCUT2D eigenvalue weighted by Crippen LogP contribution is 2.21. The second-order valence-electron chi connectivity index (χ2n) is 5.62. The molecule has 2 N–H and O–H groups in total. The van der Waals surface area contributed by atoms with E-state index in [1.165, 1.54) is 5.52 Å². The van der Waals surface area contributed by atoms with Crippen LogP contribution < -0.4 is 5.32 Å². The number of carbonyl (C=O) groups excluding carboxylic acids is 1. The van der Waals surface area contributed by atoms with E-state index in [0.29, 0.717) is 5.69 Å². The first-order valence-corrected chi connectivity index (χ1v) is 7.32. The molecule has 0 saturated heterocycles. The Labute approximate surface area is 129 Å². The Bertz CT molecular complexity index is 771. The molecule has 0 radical (unpaired) electrons. The standard InChI is InChI=1S/C17H20N4O/c1-20(2)10-11-21-9-7-13-12-14(5-6-16(13)21)19-17(22)15-4-3-8-18-15/h3-9,12,18H,10-11H2,1-2H3,(H,19,22). The number of aromatic amines is 1. The Kier molecular flexibility index (Phi) is 3.98. The zero-order chi connectivity index (χ0) is 15.5. The zero-order valence-corrected chi connectivity index (χ0v) is 12.8. The third-order valence-corrected chi connectivity index (χ3v) is 3.66. The van der Waals surface area contributed by atoms with E-state index in [1.807, 2.05) is 18.2 Å². The molecule has 5 nitrogen and oxygen atoms in total. The van der Waals surface area contributed by atoms with Gasteiger partial charge in [-0.05, 0) is 50.5 Å². The lowest BCUT2D eigenvalue weighted by Crippen LogP contribution is -2.17. The van der Waals surface area contributed by atoms with Gasteiger partial charge in [-0.3, -0.25) is 4.79 Å². The van der Waals surface area contributed by atoms with E-state index in [0.717, 1.165) is 24.2 Å². The van der Waals surface area contributed by atoms with Crippen LogP contribution in [-0.2, 0) is 6.54 Å². The van der Waals surface area contributed by atoms with Gasteiger partial charge in [0.25, 0.3) is 5.91 Å². The van der Waals surface area contributed by atoms with E-state index in [-0.39, 0.29) is 5.91 Å². The molecule has 0 atom stereocenters. The number of fused-ring (bicyclic) bond motifs is 1. The Hall–Kier alpha value is -2.53. The third kappa shape index (κ3) is 3.04. The molecule has 2 heterocycles. The number of hydrogen-bond donors (Lipinski definition) is 2. The molecule has 0 saturated carbocycles. The average molecular weight is 296 g/mol. The maximum atomic E-state index is 12.0. The van der Waals surface area contributed by atoms with Crippen LogP contribution in [-0.4, -0.2) is 41.0 Å². The number of likely N-dealkylation sites (N-methyl/N-ethyl adjacent to an activating group) is 1. The lowest BCUT2D eigenvalue weighted by atomic mass is 10.2. The van der Waals surface area contributed by atoms with Crippen LogP contribution in [0.2, 0.25) is 0 Å². The Morgan fingerprint density at radius 2 is 2.14 bits per heavy atom. The number of anilines is 1. The molecule has 0 aliphatic carbocycles. The topological polar surface area (TPSA) is 53.1 Å². The number of hydrogen-bond acceptors (Lipinski definition) is 2. The van der Waals surface area contributed by atoms with Crippen LogP contribution in [0.1, 0.15) is 10.5 Å². The summed E-state index contributed by atoms with van der Waals surface area (Å²) >= 11 is 0. The van der Waals surface area contributed by atoms with Crippen LogP contribution in [0.4, 0.5) is 5.69 Å². The first-order valence-electron chi connectivity index (χ1n) is 7.32. The summed E-state index contributed by atoms with van der Waals surface area (Å²) in [7, 11) is 4.14. The van der Waals surface area contributed by atoms with Gasteiger partial charge in [0, 0.05) is 42.1 Å². The molecule has 2 aromatic heterocycles. The fourth-order valence-corrected chi connectivity index (χ4v) is 2.45. The Morgan fingerprint density at radius 1 is 1.27 bits per heavy atom. The summed E-state index contributed by atoms with van der Waals surface area (Å²) in [6.45, 7) is 1.94. The van der Waals surface area contributed by atoms with E-state index < -0.39 is 0 Å². The van der Waals surface area contributed by atoms with Crippen molar-refractivity contribution in [3.8, 4) is 0 Å². The minimum atomic E-state index is -0.128. The van der Waals surface area contributed by atoms with Crippen molar-refractivity contribution in [2.75, 3.05) is 26.0 Å². The minimum Gasteiger partial charge on any atom is -0.357 e. The molecule has 114 valence electrons. The fourth-order valence-electron chi connectivity index (χ4n) is 2.45. The van der Waals surface area contributed by atoms with Crippen molar-refractivity contribution in [1.29, 1.82) is 0 Å². The average Bonchev–Trinajstić information content (AvgIpc) is 3.14. The van der Waals surface area contributed by atoms with Gasteiger partial charge in [-0.15, -0.1) is 0 Å². The number of rotatable bonds is 5. The zero-order valence-electron chi connectivity index (χ0n) is 12.8. The quantitative estimate of drug-likeness (QED) is 0.760. The van der Waals surface area contributed by atoms with Gasteiger partial charge in [-0.2, -0.15) is 0 Å². The molecule has 0 fully saturated rings. The molecule has 1 aromatic carbocycles. The van der Waals surface area contributed by atoms with E-state index in [4.69, 9.17) is 0 Å². The lowest BCUT2D eigenvalue weighted by molar-refractivity contribution is 0.102. The Morgan fingerprint density at radius 3 is 2.86 bits per heavy atom. The van der Waals surface area contributed by atoms with Gasteiger partial charge >= 0.3 is 0 Å². The number of H-pyrrole nitrogens is 1. The molecule has 22 heavy (non-hydrogen) atoms. The molecule has 0 aliphatic heterocycles. The summed E-state index contributed by atoms with van der Waals surface area (Å²) in [4.78, 5) is 17.1. The summed E-state index contributed by atoms with van der Waals surface area (Å²) in [6.07, 6.45) is 3.83. The number of nitrogens with one attached hydrogen (secondary N) is 2. The lowest BCUT2D eigenvalue weighted by Gasteiger charge is -2.11. The van der Waals surface area contributed by atoms with Gasteiger partial charge in [-0.25, -0.2) is 0 Å². The van der Waals surface area contributed by atoms with Gasteiger partial charge < -0.3 is 19.8 Å². The van der Waals surface area contributed by atoms with Gasteiger partial charge in [0.05, 0.1) is 0 Å². The van der Waals surface area contributed by atoms with Crippen LogP contribution in [0.25, 0.3) is 10.9 Å². The van der Waals surface area contributed by atoms with Crippen molar-refractivity contribution < 1.29 is 4.79 Å². The maximum absolute atomic E-state index is 12.0. The molecule has 0 spiro atoms. The van der Waals surface area contributed by atoms with E-state index >= 15 is 0 Å². The smallest absolute Gasteiger partial charge is 0.272 e. The molecule has 3 aromatic rings. The summed E-state index contributed by atoms with van der Waals surface area (Å²) in [5, 5.41) is 4.04. The Balaban J connectivity index is 1.77. The highest BCUT2D eigenvalue weighted by atomic mass is 16.1. The molecular formula is C17H20N4O. The van der Waals surface area contributed by atoms with Crippen molar-refractivity contribution in [2.45, 2.75) is 6.54 Å². The number of aromatic nitrogens is 2. The van der Waals surface area contributed by atoms with Crippen molar-refractivity contribution in [3.63, 3.8) is 0 Å². The van der Waals surface area contributed by atoms with Crippen molar-refractivity contribution in [2.24, 2.45) is 0 Å². The van der Waals surface area contributed by atoms with Gasteiger partial charge in [0.1, 0.15) is 5.69 Å². The van der Waals surface area contributed by atoms with Crippen LogP contribution in [0.5, 0.6) is 0 Å². The molecule has 0 aliphatic rings. The summed E-state index contributed by atoms with van der Waals surface area (Å²) in [6, 6.07) is 11.6. The maximum Gasteiger partial charge on any atom is 0.272 e. The third-order valence-electron chi connectivity index (χ3n) is 3.66. The predicted octanol–water partition coefficient (Wildman–Crippen LogP) is 2.78. The predicted molar refractivity (Wildman–Crippen MR) is 89.2 cm³/mol. The molecule has 0 unspecified atom stereocenters. The SMILES string of the molecule is CN(C)CCn1ccc2cc(NC(=O)c3ccc[nH]3)ccc21. The van der Waals surface area contributed by atoms with E-state index in [2.05, 4.69) is 52.2 Å². The number of amides is 1. The van der Waals surface area contributed by atoms with Crippen LogP contribution in [0.3, 0.4) is 0 Å². The summed E-state index contributed by atoms with van der Waals surface area (Å²) < 4.78 is 2.23. The second kappa shape index (κ2) is 6.07. The minimum absolute atomic E-state index is 0.128. The monoisotopic (exact) mass is 296 g/mol. The molecule has 3 rings (SSSR count). The number of nitrogens with zero attached hydrogens (tertiary/aromatic N) is 2. The van der Waals surface area contributed by atoms with Gasteiger partial charge in [0.15, 0.2) is 0 Å². The van der Waals surface area contributed by atoms with E-state index in [9.17, 15) is 4.79 Å². The number of benzene rings is 1. The molecule has 0 bridgehead atoms. The van der Waals surface area contributed by atoms with Crippen LogP contribution >= 0.6 is 0 Å². The molecule has 1 amide bonds. The van der Waals surface area contributed by atoms with Gasteiger partial charge in [-0.1, -0.05) is 0 Å².